The lowest BCUT2D eigenvalue weighted by Crippen LogP contribution is -2.18. The second-order valence-corrected chi connectivity index (χ2v) is 14.2. The lowest BCUT2D eigenvalue weighted by molar-refractivity contribution is 0.327. The molecule has 3 aromatic rings. The van der Waals surface area contributed by atoms with Crippen LogP contribution in [0.3, 0.4) is 0 Å². The average Bonchev–Trinajstić information content (AvgIpc) is 3.17. The summed E-state index contributed by atoms with van der Waals surface area (Å²) in [6.07, 6.45) is 1.18. The highest BCUT2D eigenvalue weighted by molar-refractivity contribution is 7.13. The normalized spacial score (nSPS) is 11.4. The van der Waals surface area contributed by atoms with Crippen molar-refractivity contribution in [3.63, 3.8) is 0 Å². The van der Waals surface area contributed by atoms with E-state index in [9.17, 15) is 0 Å². The van der Waals surface area contributed by atoms with Gasteiger partial charge in [-0.1, -0.05) is 68.9 Å². The number of rotatable bonds is 6. The predicted octanol–water partition coefficient (Wildman–Crippen LogP) is 6.55. The van der Waals surface area contributed by atoms with Crippen molar-refractivity contribution in [2.24, 2.45) is 0 Å². The predicted molar refractivity (Wildman–Crippen MR) is 130 cm³/mol. The van der Waals surface area contributed by atoms with E-state index in [1.54, 1.807) is 11.3 Å². The maximum Gasteiger partial charge on any atom is 0.129 e. The molecule has 4 heteroatoms. The topological polar surface area (TPSA) is 16.1 Å². The van der Waals surface area contributed by atoms with Gasteiger partial charge in [0.25, 0.3) is 0 Å². The van der Waals surface area contributed by atoms with E-state index < -0.39 is 8.07 Å². The average molecular weight is 419 g/mol. The molecule has 0 N–H and O–H groups in total. The molecule has 0 spiro atoms. The highest BCUT2D eigenvalue weighted by Gasteiger charge is 2.09. The maximum atomic E-state index is 4.86. The molecule has 0 bridgehead atoms. The quantitative estimate of drug-likeness (QED) is 0.333. The molecule has 29 heavy (non-hydrogen) atoms. The number of hydrogen-bond acceptors (Lipinski definition) is 3. The molecular weight excluding hydrogens is 388 g/mol. The Labute approximate surface area is 180 Å². The van der Waals surface area contributed by atoms with Gasteiger partial charge in [0.05, 0.1) is 5.69 Å². The molecule has 150 valence electrons. The Morgan fingerprint density at radius 1 is 0.966 bits per heavy atom. The zero-order chi connectivity index (χ0) is 20.9. The summed E-state index contributed by atoms with van der Waals surface area (Å²) < 4.78 is 0. The number of hydrogen-bond donors (Lipinski definition) is 0. The summed E-state index contributed by atoms with van der Waals surface area (Å²) in [5.74, 6) is 3.31. The third-order valence-electron chi connectivity index (χ3n) is 4.53. The number of benzene rings is 2. The van der Waals surface area contributed by atoms with E-state index in [0.29, 0.717) is 0 Å². The molecule has 1 aromatic heterocycles. The van der Waals surface area contributed by atoms with E-state index in [1.807, 2.05) is 0 Å². The molecule has 0 fully saturated rings. The molecule has 2 nitrogen and oxygen atoms in total. The Balaban J connectivity index is 1.71. The molecule has 0 saturated heterocycles. The summed E-state index contributed by atoms with van der Waals surface area (Å²) in [7, 11) is 0.829. The van der Waals surface area contributed by atoms with E-state index in [-0.39, 0.29) is 0 Å². The molecule has 0 aliphatic rings. The van der Waals surface area contributed by atoms with E-state index in [1.165, 1.54) is 17.5 Å². The van der Waals surface area contributed by atoms with Gasteiger partial charge >= 0.3 is 0 Å². The number of nitrogens with zero attached hydrogens (tertiary/aromatic N) is 2. The first-order valence-corrected chi connectivity index (χ1v) is 14.6. The molecule has 2 aromatic carbocycles. The van der Waals surface area contributed by atoms with Crippen LogP contribution in [0, 0.1) is 11.5 Å². The van der Waals surface area contributed by atoms with Crippen LogP contribution in [-0.4, -0.2) is 31.6 Å². The Morgan fingerprint density at radius 2 is 1.62 bits per heavy atom. The van der Waals surface area contributed by atoms with Crippen LogP contribution in [0.1, 0.15) is 24.5 Å². The Morgan fingerprint density at radius 3 is 2.24 bits per heavy atom. The lowest BCUT2D eigenvalue weighted by Gasteiger charge is -2.15. The van der Waals surface area contributed by atoms with Crippen LogP contribution >= 0.6 is 11.3 Å². The standard InChI is InChI=1S/C25H30N2SSi/c1-6-16-27(2)18-21-9-11-22(12-10-21)24-19-28-25(26-24)23-13-7-20(8-14-23)15-17-29(3,4)5/h7-14,19H,6,16,18H2,1-5H3. The second-order valence-electron chi connectivity index (χ2n) is 8.55. The zero-order valence-corrected chi connectivity index (χ0v) is 19.9. The van der Waals surface area contributed by atoms with Crippen LogP contribution < -0.4 is 0 Å². The summed E-state index contributed by atoms with van der Waals surface area (Å²) >= 11 is 1.69. The first-order chi connectivity index (χ1) is 13.8. The van der Waals surface area contributed by atoms with Gasteiger partial charge in [-0.2, -0.15) is 0 Å². The Hall–Kier alpha value is -2.19. The minimum absolute atomic E-state index is 0.989. The summed E-state index contributed by atoms with van der Waals surface area (Å²) in [5.41, 5.74) is 9.21. The van der Waals surface area contributed by atoms with Crippen molar-refractivity contribution in [2.45, 2.75) is 39.5 Å². The summed E-state index contributed by atoms with van der Waals surface area (Å²) in [6.45, 7) is 11.1. The first-order valence-electron chi connectivity index (χ1n) is 10.2. The van der Waals surface area contributed by atoms with Crippen molar-refractivity contribution < 1.29 is 0 Å². The molecule has 0 radical (unpaired) electrons. The number of aromatic nitrogens is 1. The summed E-state index contributed by atoms with van der Waals surface area (Å²) in [5, 5.41) is 3.20. The zero-order valence-electron chi connectivity index (χ0n) is 18.1. The fourth-order valence-corrected chi connectivity index (χ4v) is 4.40. The van der Waals surface area contributed by atoms with E-state index >= 15 is 0 Å². The van der Waals surface area contributed by atoms with Gasteiger partial charge in [0.2, 0.25) is 0 Å². The molecule has 0 aliphatic carbocycles. The van der Waals surface area contributed by atoms with Gasteiger partial charge in [-0.15, -0.1) is 16.9 Å². The smallest absolute Gasteiger partial charge is 0.129 e. The monoisotopic (exact) mass is 418 g/mol. The molecule has 0 unspecified atom stereocenters. The molecule has 3 rings (SSSR count). The lowest BCUT2D eigenvalue weighted by atomic mass is 10.1. The Bertz CT molecular complexity index is 986. The van der Waals surface area contributed by atoms with Gasteiger partial charge < -0.3 is 4.90 Å². The van der Waals surface area contributed by atoms with Gasteiger partial charge in [-0.05, 0) is 37.7 Å². The summed E-state index contributed by atoms with van der Waals surface area (Å²) in [6, 6.07) is 17.3. The van der Waals surface area contributed by atoms with Crippen molar-refractivity contribution in [1.82, 2.24) is 9.88 Å². The van der Waals surface area contributed by atoms with Gasteiger partial charge in [0.15, 0.2) is 0 Å². The maximum absolute atomic E-state index is 4.86. The first kappa shape index (κ1) is 21.5. The molecule has 0 amide bonds. The third kappa shape index (κ3) is 6.40. The number of thiazole rings is 1. The molecular formula is C25H30N2SSi. The van der Waals surface area contributed by atoms with Gasteiger partial charge in [0.1, 0.15) is 13.1 Å². The van der Waals surface area contributed by atoms with Crippen LogP contribution in [0.5, 0.6) is 0 Å². The fraction of sp³-hybridized carbons (Fsp3) is 0.320. The third-order valence-corrected chi connectivity index (χ3v) is 6.29. The SMILES string of the molecule is CCCN(C)Cc1ccc(-c2csc(-c3ccc(C#C[Si](C)(C)C)cc3)n2)cc1. The van der Waals surface area contributed by atoms with Gasteiger partial charge in [-0.3, -0.25) is 0 Å². The molecule has 1 heterocycles. The van der Waals surface area contributed by atoms with E-state index in [2.05, 4.69) is 104 Å². The molecule has 0 saturated carbocycles. The van der Waals surface area contributed by atoms with Crippen LogP contribution in [0.2, 0.25) is 19.6 Å². The van der Waals surface area contributed by atoms with Crippen molar-refractivity contribution in [3.8, 4) is 33.3 Å². The Kier molecular flexibility index (Phi) is 7.08. The highest BCUT2D eigenvalue weighted by atomic mass is 32.1. The minimum atomic E-state index is -1.34. The van der Waals surface area contributed by atoms with Crippen LogP contribution in [0.25, 0.3) is 21.8 Å². The van der Waals surface area contributed by atoms with E-state index in [0.717, 1.165) is 34.9 Å². The molecule has 0 aliphatic heterocycles. The van der Waals surface area contributed by atoms with Crippen molar-refractivity contribution in [1.29, 1.82) is 0 Å². The minimum Gasteiger partial charge on any atom is -0.302 e. The molecule has 0 atom stereocenters. The van der Waals surface area contributed by atoms with Crippen LogP contribution in [0.4, 0.5) is 0 Å². The summed E-state index contributed by atoms with van der Waals surface area (Å²) in [4.78, 5) is 7.22. The van der Waals surface area contributed by atoms with Crippen molar-refractivity contribution in [3.05, 3.63) is 65.0 Å². The fourth-order valence-electron chi connectivity index (χ4n) is 3.05. The van der Waals surface area contributed by atoms with Crippen molar-refractivity contribution >= 4 is 19.4 Å². The van der Waals surface area contributed by atoms with E-state index in [4.69, 9.17) is 4.98 Å². The van der Waals surface area contributed by atoms with Crippen molar-refractivity contribution in [2.75, 3.05) is 13.6 Å². The second kappa shape index (κ2) is 9.54. The van der Waals surface area contributed by atoms with Crippen LogP contribution in [-0.2, 0) is 6.54 Å². The highest BCUT2D eigenvalue weighted by Crippen LogP contribution is 2.29. The van der Waals surface area contributed by atoms with Gasteiger partial charge in [-0.25, -0.2) is 4.98 Å². The van der Waals surface area contributed by atoms with Gasteiger partial charge in [0, 0.05) is 28.6 Å². The largest absolute Gasteiger partial charge is 0.302 e. The van der Waals surface area contributed by atoms with Crippen LogP contribution in [0.15, 0.2) is 53.9 Å².